The van der Waals surface area contributed by atoms with Gasteiger partial charge in [-0.25, -0.2) is 0 Å². The van der Waals surface area contributed by atoms with Crippen LogP contribution in [-0.2, 0) is 0 Å². The van der Waals surface area contributed by atoms with Gasteiger partial charge in [0, 0.05) is 12.6 Å². The van der Waals surface area contributed by atoms with Crippen molar-refractivity contribution >= 4 is 0 Å². The molecule has 0 aromatic rings. The zero-order chi connectivity index (χ0) is 12.6. The van der Waals surface area contributed by atoms with Gasteiger partial charge in [-0.05, 0) is 31.1 Å². The fourth-order valence-electron chi connectivity index (χ4n) is 2.40. The smallest absolute Gasteiger partial charge is 0.00684 e. The third kappa shape index (κ3) is 7.08. The molecule has 1 fully saturated rings. The van der Waals surface area contributed by atoms with Crippen LogP contribution in [0.5, 0.6) is 0 Å². The lowest BCUT2D eigenvalue weighted by Crippen LogP contribution is -2.32. The zero-order valence-corrected chi connectivity index (χ0v) is 12.4. The molecule has 1 heteroatoms. The van der Waals surface area contributed by atoms with Crippen molar-refractivity contribution < 1.29 is 0 Å². The molecular weight excluding hydrogens is 206 g/mol. The molecule has 1 saturated carbocycles. The van der Waals surface area contributed by atoms with Gasteiger partial charge in [0.15, 0.2) is 0 Å². The minimum Gasteiger partial charge on any atom is -0.313 e. The molecule has 1 nitrogen and oxygen atoms in total. The van der Waals surface area contributed by atoms with Crippen molar-refractivity contribution in [3.63, 3.8) is 0 Å². The zero-order valence-electron chi connectivity index (χ0n) is 12.4. The lowest BCUT2D eigenvalue weighted by molar-refractivity contribution is 0.258. The van der Waals surface area contributed by atoms with Gasteiger partial charge in [0.05, 0.1) is 0 Å². The van der Waals surface area contributed by atoms with Crippen molar-refractivity contribution in [2.24, 2.45) is 5.41 Å². The lowest BCUT2D eigenvalue weighted by atomic mass is 9.82. The molecule has 1 aliphatic carbocycles. The first kappa shape index (κ1) is 15.0. The van der Waals surface area contributed by atoms with E-state index in [9.17, 15) is 0 Å². The van der Waals surface area contributed by atoms with E-state index >= 15 is 0 Å². The van der Waals surface area contributed by atoms with Crippen LogP contribution >= 0.6 is 0 Å². The van der Waals surface area contributed by atoms with Crippen LogP contribution in [0.25, 0.3) is 0 Å². The number of hydrogen-bond donors (Lipinski definition) is 1. The summed E-state index contributed by atoms with van der Waals surface area (Å²) in [5.74, 6) is 0. The fourth-order valence-corrected chi connectivity index (χ4v) is 2.40. The lowest BCUT2D eigenvalue weighted by Gasteiger charge is -2.29. The Kier molecular flexibility index (Phi) is 7.18. The van der Waals surface area contributed by atoms with E-state index in [4.69, 9.17) is 0 Å². The van der Waals surface area contributed by atoms with Gasteiger partial charge in [0.25, 0.3) is 0 Å². The predicted molar refractivity (Wildman–Crippen MR) is 77.4 cm³/mol. The van der Waals surface area contributed by atoms with Crippen LogP contribution in [0.15, 0.2) is 0 Å². The number of unbranched alkanes of at least 4 members (excludes halogenated alkanes) is 5. The normalized spacial score (nSPS) is 19.2. The standard InChI is InChI=1S/C16H33N/c1-4-6-7-8-9-10-13-16(3,5-2)14-17-15-11-12-15/h15,17H,4-14H2,1-3H3. The van der Waals surface area contributed by atoms with Crippen molar-refractivity contribution in [3.05, 3.63) is 0 Å². The summed E-state index contributed by atoms with van der Waals surface area (Å²) in [5.41, 5.74) is 0.549. The molecule has 1 N–H and O–H groups in total. The third-order valence-electron chi connectivity index (χ3n) is 4.38. The highest BCUT2D eigenvalue weighted by Gasteiger charge is 2.26. The fraction of sp³-hybridized carbons (Fsp3) is 1.00. The van der Waals surface area contributed by atoms with Crippen molar-refractivity contribution in [2.75, 3.05) is 6.54 Å². The Morgan fingerprint density at radius 2 is 1.65 bits per heavy atom. The molecule has 0 heterocycles. The monoisotopic (exact) mass is 239 g/mol. The minimum atomic E-state index is 0.549. The van der Waals surface area contributed by atoms with Crippen molar-refractivity contribution in [1.29, 1.82) is 0 Å². The average molecular weight is 239 g/mol. The highest BCUT2D eigenvalue weighted by atomic mass is 15.0. The molecule has 0 saturated heterocycles. The van der Waals surface area contributed by atoms with Crippen LogP contribution in [0.3, 0.4) is 0 Å². The molecule has 1 unspecified atom stereocenters. The Morgan fingerprint density at radius 3 is 2.24 bits per heavy atom. The second kappa shape index (κ2) is 8.13. The Bertz CT molecular complexity index is 186. The van der Waals surface area contributed by atoms with Crippen LogP contribution in [0, 0.1) is 5.41 Å². The van der Waals surface area contributed by atoms with Gasteiger partial charge >= 0.3 is 0 Å². The Hall–Kier alpha value is -0.0400. The summed E-state index contributed by atoms with van der Waals surface area (Å²) in [7, 11) is 0. The molecular formula is C16H33N. The maximum absolute atomic E-state index is 3.71. The van der Waals surface area contributed by atoms with Crippen LogP contribution < -0.4 is 5.32 Å². The molecule has 1 atom stereocenters. The van der Waals surface area contributed by atoms with Crippen molar-refractivity contribution in [1.82, 2.24) is 5.32 Å². The SMILES string of the molecule is CCCCCCCCC(C)(CC)CNC1CC1. The minimum absolute atomic E-state index is 0.549. The van der Waals surface area contributed by atoms with Crippen LogP contribution in [0.1, 0.15) is 85.0 Å². The van der Waals surface area contributed by atoms with Gasteiger partial charge < -0.3 is 5.32 Å². The first-order valence-corrected chi connectivity index (χ1v) is 7.93. The van der Waals surface area contributed by atoms with Crippen LogP contribution in [0.2, 0.25) is 0 Å². The summed E-state index contributed by atoms with van der Waals surface area (Å²) in [4.78, 5) is 0. The van der Waals surface area contributed by atoms with E-state index in [0.29, 0.717) is 5.41 Å². The van der Waals surface area contributed by atoms with Gasteiger partial charge in [-0.3, -0.25) is 0 Å². The number of nitrogens with one attached hydrogen (secondary N) is 1. The Balaban J connectivity index is 2.03. The molecule has 1 rings (SSSR count). The van der Waals surface area contributed by atoms with Crippen molar-refractivity contribution in [2.45, 2.75) is 91.0 Å². The molecule has 0 aromatic carbocycles. The molecule has 102 valence electrons. The summed E-state index contributed by atoms with van der Waals surface area (Å²) in [6.45, 7) is 8.35. The summed E-state index contributed by atoms with van der Waals surface area (Å²) >= 11 is 0. The van der Waals surface area contributed by atoms with Gasteiger partial charge in [0.2, 0.25) is 0 Å². The van der Waals surface area contributed by atoms with Crippen molar-refractivity contribution in [3.8, 4) is 0 Å². The van der Waals surface area contributed by atoms with E-state index in [1.54, 1.807) is 0 Å². The first-order chi connectivity index (χ1) is 8.20. The third-order valence-corrected chi connectivity index (χ3v) is 4.38. The molecule has 0 amide bonds. The molecule has 1 aliphatic rings. The maximum Gasteiger partial charge on any atom is 0.00684 e. The van der Waals surface area contributed by atoms with E-state index in [0.717, 1.165) is 6.04 Å². The van der Waals surface area contributed by atoms with E-state index in [2.05, 4.69) is 26.1 Å². The molecule has 0 aromatic heterocycles. The van der Waals surface area contributed by atoms with Gasteiger partial charge in [0.1, 0.15) is 0 Å². The molecule has 0 spiro atoms. The summed E-state index contributed by atoms with van der Waals surface area (Å²) < 4.78 is 0. The van der Waals surface area contributed by atoms with Crippen LogP contribution in [-0.4, -0.2) is 12.6 Å². The van der Waals surface area contributed by atoms with Crippen LogP contribution in [0.4, 0.5) is 0 Å². The molecule has 0 aliphatic heterocycles. The largest absolute Gasteiger partial charge is 0.313 e. The van der Waals surface area contributed by atoms with E-state index in [1.807, 2.05) is 0 Å². The van der Waals surface area contributed by atoms with Gasteiger partial charge in [-0.15, -0.1) is 0 Å². The van der Waals surface area contributed by atoms with E-state index in [1.165, 1.54) is 70.8 Å². The Labute approximate surface area is 109 Å². The molecule has 0 bridgehead atoms. The molecule has 0 radical (unpaired) electrons. The van der Waals surface area contributed by atoms with Gasteiger partial charge in [-0.2, -0.15) is 0 Å². The average Bonchev–Trinajstić information content (AvgIpc) is 3.15. The second-order valence-electron chi connectivity index (χ2n) is 6.34. The van der Waals surface area contributed by atoms with E-state index in [-0.39, 0.29) is 0 Å². The predicted octanol–water partition coefficient (Wildman–Crippen LogP) is 4.91. The summed E-state index contributed by atoms with van der Waals surface area (Å²) in [5, 5.41) is 3.71. The first-order valence-electron chi connectivity index (χ1n) is 7.93. The number of rotatable bonds is 11. The van der Waals surface area contributed by atoms with E-state index < -0.39 is 0 Å². The Morgan fingerprint density at radius 1 is 1.00 bits per heavy atom. The highest BCUT2D eigenvalue weighted by Crippen LogP contribution is 2.29. The second-order valence-corrected chi connectivity index (χ2v) is 6.34. The quantitative estimate of drug-likeness (QED) is 0.505. The topological polar surface area (TPSA) is 12.0 Å². The summed E-state index contributed by atoms with van der Waals surface area (Å²) in [6.07, 6.45) is 14.1. The maximum atomic E-state index is 3.71. The summed E-state index contributed by atoms with van der Waals surface area (Å²) in [6, 6.07) is 0.866. The number of hydrogen-bond acceptors (Lipinski definition) is 1. The highest BCUT2D eigenvalue weighted by molar-refractivity contribution is 4.85. The van der Waals surface area contributed by atoms with Gasteiger partial charge in [-0.1, -0.05) is 59.3 Å². The molecule has 17 heavy (non-hydrogen) atoms.